The maximum atomic E-state index is 10.1. The van der Waals surface area contributed by atoms with Gasteiger partial charge in [0.1, 0.15) is 6.10 Å². The lowest BCUT2D eigenvalue weighted by atomic mass is 10.2. The zero-order valence-corrected chi connectivity index (χ0v) is 7.88. The lowest BCUT2D eigenvalue weighted by Crippen LogP contribution is -2.22. The highest BCUT2D eigenvalue weighted by Crippen LogP contribution is 2.08. The van der Waals surface area contributed by atoms with Gasteiger partial charge >= 0.3 is 5.97 Å². The summed E-state index contributed by atoms with van der Waals surface area (Å²) in [6.45, 7) is 0.660. The van der Waals surface area contributed by atoms with E-state index in [0.717, 1.165) is 12.6 Å². The van der Waals surface area contributed by atoms with Crippen molar-refractivity contribution >= 4 is 18.4 Å². The third-order valence-electron chi connectivity index (χ3n) is 1.83. The van der Waals surface area contributed by atoms with Crippen LogP contribution in [0.5, 0.6) is 0 Å². The molecule has 0 aromatic heterocycles. The number of nitrogens with zero attached hydrogens (tertiary/aromatic N) is 2. The second kappa shape index (κ2) is 5.33. The van der Waals surface area contributed by atoms with Crippen LogP contribution in [0.4, 0.5) is 0 Å². The van der Waals surface area contributed by atoms with Crippen LogP contribution in [0.2, 0.25) is 0 Å². The van der Waals surface area contributed by atoms with Gasteiger partial charge in [-0.15, -0.1) is 0 Å². The third kappa shape index (κ3) is 3.53. The SMILES string of the molecule is CN=C[C@@H]1C[C@H](O/N=C/C(=O)O)CN1. The molecular weight excluding hydrogens is 186 g/mol. The molecule has 0 bridgehead atoms. The lowest BCUT2D eigenvalue weighted by molar-refractivity contribution is -0.129. The van der Waals surface area contributed by atoms with Gasteiger partial charge < -0.3 is 15.3 Å². The van der Waals surface area contributed by atoms with Crippen molar-refractivity contribution in [3.8, 4) is 0 Å². The van der Waals surface area contributed by atoms with E-state index in [4.69, 9.17) is 9.94 Å². The first-order valence-electron chi connectivity index (χ1n) is 4.30. The minimum absolute atomic E-state index is 0.0754. The third-order valence-corrected chi connectivity index (χ3v) is 1.83. The molecule has 2 N–H and O–H groups in total. The summed E-state index contributed by atoms with van der Waals surface area (Å²) in [4.78, 5) is 18.9. The molecule has 6 nitrogen and oxygen atoms in total. The number of hydrogen-bond donors (Lipinski definition) is 2. The van der Waals surface area contributed by atoms with Crippen LogP contribution < -0.4 is 5.32 Å². The lowest BCUT2D eigenvalue weighted by Gasteiger charge is -2.04. The smallest absolute Gasteiger partial charge is 0.350 e. The molecule has 0 aliphatic carbocycles. The second-order valence-electron chi connectivity index (χ2n) is 2.96. The number of carboxylic acids is 1. The van der Waals surface area contributed by atoms with Crippen molar-refractivity contribution in [2.24, 2.45) is 10.1 Å². The van der Waals surface area contributed by atoms with E-state index in [1.807, 2.05) is 0 Å². The molecule has 1 aliphatic rings. The molecule has 0 aromatic rings. The summed E-state index contributed by atoms with van der Waals surface area (Å²) in [7, 11) is 1.71. The second-order valence-corrected chi connectivity index (χ2v) is 2.96. The molecule has 14 heavy (non-hydrogen) atoms. The molecule has 0 unspecified atom stereocenters. The molecule has 0 saturated carbocycles. The van der Waals surface area contributed by atoms with Crippen molar-refractivity contribution in [2.75, 3.05) is 13.6 Å². The molecule has 78 valence electrons. The Labute approximate surface area is 81.7 Å². The van der Waals surface area contributed by atoms with E-state index < -0.39 is 5.97 Å². The van der Waals surface area contributed by atoms with Gasteiger partial charge in [0.05, 0.1) is 0 Å². The predicted octanol–water partition coefficient (Wildman–Crippen LogP) is -0.495. The van der Waals surface area contributed by atoms with E-state index >= 15 is 0 Å². The average Bonchev–Trinajstić information content (AvgIpc) is 2.53. The number of hydrogen-bond acceptors (Lipinski definition) is 5. The molecule has 0 spiro atoms. The number of nitrogens with one attached hydrogen (secondary N) is 1. The Morgan fingerprint density at radius 2 is 2.50 bits per heavy atom. The fraction of sp³-hybridized carbons (Fsp3) is 0.625. The van der Waals surface area contributed by atoms with Crippen LogP contribution >= 0.6 is 0 Å². The van der Waals surface area contributed by atoms with Crippen LogP contribution in [-0.4, -0.2) is 49.2 Å². The monoisotopic (exact) mass is 199 g/mol. The average molecular weight is 199 g/mol. The summed E-state index contributed by atoms with van der Waals surface area (Å²) in [5.74, 6) is -1.11. The van der Waals surface area contributed by atoms with Crippen molar-refractivity contribution in [3.05, 3.63) is 0 Å². The van der Waals surface area contributed by atoms with Crippen molar-refractivity contribution in [3.63, 3.8) is 0 Å². The Bertz CT molecular complexity index is 252. The summed E-state index contributed by atoms with van der Waals surface area (Å²) in [6, 6.07) is 0.199. The number of oxime groups is 1. The van der Waals surface area contributed by atoms with Gasteiger partial charge in [0.2, 0.25) is 0 Å². The van der Waals surface area contributed by atoms with Crippen LogP contribution in [0.1, 0.15) is 6.42 Å². The minimum atomic E-state index is -1.11. The summed E-state index contributed by atoms with van der Waals surface area (Å²) >= 11 is 0. The van der Waals surface area contributed by atoms with Gasteiger partial charge in [-0.05, 0) is 0 Å². The Kier molecular flexibility index (Phi) is 4.06. The quantitative estimate of drug-likeness (QED) is 0.472. The highest BCUT2D eigenvalue weighted by Gasteiger charge is 2.23. The predicted molar refractivity (Wildman–Crippen MR) is 51.8 cm³/mol. The van der Waals surface area contributed by atoms with Gasteiger partial charge in [-0.25, -0.2) is 4.79 Å². The highest BCUT2D eigenvalue weighted by atomic mass is 16.6. The normalized spacial score (nSPS) is 27.5. The molecule has 1 heterocycles. The first kappa shape index (κ1) is 10.6. The van der Waals surface area contributed by atoms with Crippen LogP contribution in [0, 0.1) is 0 Å². The van der Waals surface area contributed by atoms with E-state index in [-0.39, 0.29) is 12.1 Å². The van der Waals surface area contributed by atoms with E-state index in [1.54, 1.807) is 13.3 Å². The van der Waals surface area contributed by atoms with Crippen LogP contribution in [-0.2, 0) is 9.63 Å². The summed E-state index contributed by atoms with van der Waals surface area (Å²) in [5, 5.41) is 14.7. The largest absolute Gasteiger partial charge is 0.477 e. The summed E-state index contributed by atoms with van der Waals surface area (Å²) in [5.41, 5.74) is 0. The van der Waals surface area contributed by atoms with E-state index in [2.05, 4.69) is 15.5 Å². The number of carboxylic acid groups (broad SMARTS) is 1. The Balaban J connectivity index is 2.25. The first-order valence-corrected chi connectivity index (χ1v) is 4.30. The van der Waals surface area contributed by atoms with Gasteiger partial charge in [0, 0.05) is 32.3 Å². The van der Waals surface area contributed by atoms with E-state index in [9.17, 15) is 4.79 Å². The van der Waals surface area contributed by atoms with Crippen LogP contribution in [0.25, 0.3) is 0 Å². The topological polar surface area (TPSA) is 83.3 Å². The molecular formula is C8H13N3O3. The van der Waals surface area contributed by atoms with Gasteiger partial charge in [-0.2, -0.15) is 0 Å². The molecule has 1 rings (SSSR count). The minimum Gasteiger partial charge on any atom is -0.477 e. The van der Waals surface area contributed by atoms with E-state index in [1.165, 1.54) is 0 Å². The van der Waals surface area contributed by atoms with Gasteiger partial charge in [-0.3, -0.25) is 4.99 Å². The summed E-state index contributed by atoms with van der Waals surface area (Å²) in [6.07, 6.45) is 3.22. The Morgan fingerprint density at radius 3 is 3.14 bits per heavy atom. The van der Waals surface area contributed by atoms with E-state index in [0.29, 0.717) is 6.54 Å². The van der Waals surface area contributed by atoms with Crippen LogP contribution in [0.15, 0.2) is 10.1 Å². The van der Waals surface area contributed by atoms with Gasteiger partial charge in [-0.1, -0.05) is 5.16 Å². The van der Waals surface area contributed by atoms with Gasteiger partial charge in [0.15, 0.2) is 6.21 Å². The molecule has 2 atom stereocenters. The highest BCUT2D eigenvalue weighted by molar-refractivity contribution is 6.21. The maximum Gasteiger partial charge on any atom is 0.350 e. The number of aliphatic carboxylic acids is 1. The fourth-order valence-corrected chi connectivity index (χ4v) is 1.27. The fourth-order valence-electron chi connectivity index (χ4n) is 1.27. The molecule has 1 saturated heterocycles. The van der Waals surface area contributed by atoms with Gasteiger partial charge in [0.25, 0.3) is 0 Å². The molecule has 0 radical (unpaired) electrons. The molecule has 1 fully saturated rings. The molecule has 6 heteroatoms. The zero-order valence-electron chi connectivity index (χ0n) is 7.88. The molecule has 0 aromatic carbocycles. The number of aliphatic imine (C=N–C) groups is 1. The Hall–Kier alpha value is -1.43. The maximum absolute atomic E-state index is 10.1. The summed E-state index contributed by atoms with van der Waals surface area (Å²) < 4.78 is 0. The molecule has 0 amide bonds. The molecule has 1 aliphatic heterocycles. The van der Waals surface area contributed by atoms with Crippen molar-refractivity contribution in [1.82, 2.24) is 5.32 Å². The Morgan fingerprint density at radius 1 is 1.71 bits per heavy atom. The first-order chi connectivity index (χ1) is 6.72. The standard InChI is InChI=1S/C8H13N3O3/c1-9-3-6-2-7(4-10-6)14-11-5-8(12)13/h3,5-7,10H,2,4H2,1H3,(H,12,13)/b9-3?,11-5+/t6-,7-/m0/s1. The van der Waals surface area contributed by atoms with Crippen molar-refractivity contribution in [1.29, 1.82) is 0 Å². The zero-order chi connectivity index (χ0) is 10.4. The van der Waals surface area contributed by atoms with Crippen molar-refractivity contribution < 1.29 is 14.7 Å². The number of carbonyl (C=O) groups is 1. The van der Waals surface area contributed by atoms with Crippen molar-refractivity contribution in [2.45, 2.75) is 18.6 Å². The number of rotatable bonds is 4. The van der Waals surface area contributed by atoms with Crippen LogP contribution in [0.3, 0.4) is 0 Å².